The van der Waals surface area contributed by atoms with Gasteiger partial charge >= 0.3 is 0 Å². The van der Waals surface area contributed by atoms with E-state index >= 15 is 0 Å². The van der Waals surface area contributed by atoms with Crippen LogP contribution in [0.4, 0.5) is 0 Å². The molecule has 0 aliphatic carbocycles. The zero-order valence-electron chi connectivity index (χ0n) is 7.40. The van der Waals surface area contributed by atoms with E-state index in [9.17, 15) is 0 Å². The molecule has 66 valence electrons. The van der Waals surface area contributed by atoms with Crippen molar-refractivity contribution in [3.8, 4) is 0 Å². The molecule has 11 heavy (non-hydrogen) atoms. The molecule has 0 saturated heterocycles. The van der Waals surface area contributed by atoms with Crippen molar-refractivity contribution in [2.75, 3.05) is 18.5 Å². The number of hydrogen-bond acceptors (Lipinski definition) is 1. The highest BCUT2D eigenvalue weighted by Crippen LogP contribution is 2.02. The molecule has 0 aliphatic heterocycles. The van der Waals surface area contributed by atoms with Crippen molar-refractivity contribution in [3.05, 3.63) is 12.2 Å². The summed E-state index contributed by atoms with van der Waals surface area (Å²) in [6.07, 6.45) is 0.981. The van der Waals surface area contributed by atoms with Gasteiger partial charge in [0.2, 0.25) is 0 Å². The summed E-state index contributed by atoms with van der Waals surface area (Å²) in [5.41, 5.74) is 1.19. The molecule has 1 unspecified atom stereocenters. The standard InChI is InChI=1S/C9H17BrO/c1-8(2)4-5-11-7-9(3)6-10/h9H,1,4-7H2,2-3H3. The van der Waals surface area contributed by atoms with Crippen LogP contribution in [0, 0.1) is 5.92 Å². The smallest absolute Gasteiger partial charge is 0.0503 e. The van der Waals surface area contributed by atoms with E-state index in [1.165, 1.54) is 5.57 Å². The van der Waals surface area contributed by atoms with Crippen molar-refractivity contribution in [2.45, 2.75) is 20.3 Å². The van der Waals surface area contributed by atoms with Gasteiger partial charge in [-0.1, -0.05) is 28.4 Å². The van der Waals surface area contributed by atoms with Crippen LogP contribution in [0.1, 0.15) is 20.3 Å². The van der Waals surface area contributed by atoms with E-state index in [0.29, 0.717) is 5.92 Å². The van der Waals surface area contributed by atoms with E-state index in [2.05, 4.69) is 29.4 Å². The topological polar surface area (TPSA) is 9.23 Å². The first-order chi connectivity index (χ1) is 5.16. The van der Waals surface area contributed by atoms with Crippen molar-refractivity contribution >= 4 is 15.9 Å². The van der Waals surface area contributed by atoms with Crippen LogP contribution in [0.2, 0.25) is 0 Å². The van der Waals surface area contributed by atoms with Crippen LogP contribution in [0.5, 0.6) is 0 Å². The Morgan fingerprint density at radius 2 is 2.27 bits per heavy atom. The molecule has 0 heterocycles. The highest BCUT2D eigenvalue weighted by atomic mass is 79.9. The average molecular weight is 221 g/mol. The minimum Gasteiger partial charge on any atom is -0.381 e. The number of ether oxygens (including phenoxy) is 1. The minimum atomic E-state index is 0.611. The van der Waals surface area contributed by atoms with Gasteiger partial charge < -0.3 is 4.74 Å². The highest BCUT2D eigenvalue weighted by Gasteiger charge is 1.98. The molecular weight excluding hydrogens is 204 g/mol. The van der Waals surface area contributed by atoms with Crippen molar-refractivity contribution in [3.63, 3.8) is 0 Å². The molecule has 2 heteroatoms. The Labute approximate surface area is 78.0 Å². The molecule has 0 amide bonds. The Morgan fingerprint density at radius 1 is 1.64 bits per heavy atom. The Balaban J connectivity index is 3.08. The van der Waals surface area contributed by atoms with Gasteiger partial charge in [-0.05, 0) is 19.3 Å². The maximum absolute atomic E-state index is 5.41. The summed E-state index contributed by atoms with van der Waals surface area (Å²) in [6.45, 7) is 9.65. The molecule has 0 rings (SSSR count). The maximum atomic E-state index is 5.41. The van der Waals surface area contributed by atoms with Gasteiger partial charge in [-0.15, -0.1) is 6.58 Å². The van der Waals surface area contributed by atoms with Crippen LogP contribution >= 0.6 is 15.9 Å². The van der Waals surface area contributed by atoms with Gasteiger partial charge in [0.1, 0.15) is 0 Å². The Bertz CT molecular complexity index is 112. The summed E-state index contributed by atoms with van der Waals surface area (Å²) in [6, 6.07) is 0. The first-order valence-corrected chi connectivity index (χ1v) is 5.07. The second-order valence-corrected chi connectivity index (χ2v) is 3.69. The third kappa shape index (κ3) is 8.08. The number of rotatable bonds is 6. The van der Waals surface area contributed by atoms with E-state index < -0.39 is 0 Å². The van der Waals surface area contributed by atoms with Gasteiger partial charge in [-0.25, -0.2) is 0 Å². The minimum absolute atomic E-state index is 0.611. The lowest BCUT2D eigenvalue weighted by molar-refractivity contribution is 0.114. The van der Waals surface area contributed by atoms with Gasteiger partial charge in [0.05, 0.1) is 6.61 Å². The van der Waals surface area contributed by atoms with Crippen molar-refractivity contribution in [1.29, 1.82) is 0 Å². The molecule has 0 aliphatic rings. The third-order valence-corrected chi connectivity index (χ3v) is 2.44. The Kier molecular flexibility index (Phi) is 6.98. The van der Waals surface area contributed by atoms with Crippen LogP contribution in [-0.4, -0.2) is 18.5 Å². The largest absolute Gasteiger partial charge is 0.381 e. The summed E-state index contributed by atoms with van der Waals surface area (Å²) >= 11 is 3.40. The Morgan fingerprint density at radius 3 is 2.73 bits per heavy atom. The van der Waals surface area contributed by atoms with Crippen molar-refractivity contribution in [2.24, 2.45) is 5.92 Å². The van der Waals surface area contributed by atoms with E-state index in [4.69, 9.17) is 4.74 Å². The highest BCUT2D eigenvalue weighted by molar-refractivity contribution is 9.09. The van der Waals surface area contributed by atoms with Crippen molar-refractivity contribution < 1.29 is 4.74 Å². The number of alkyl halides is 1. The van der Waals surface area contributed by atoms with Crippen LogP contribution in [-0.2, 0) is 4.74 Å². The van der Waals surface area contributed by atoms with Crippen LogP contribution in [0.15, 0.2) is 12.2 Å². The summed E-state index contributed by atoms with van der Waals surface area (Å²) in [5, 5.41) is 1.01. The molecular formula is C9H17BrO. The third-order valence-electron chi connectivity index (χ3n) is 1.34. The van der Waals surface area contributed by atoms with E-state index in [0.717, 1.165) is 25.0 Å². The van der Waals surface area contributed by atoms with E-state index in [1.54, 1.807) is 0 Å². The van der Waals surface area contributed by atoms with Gasteiger partial charge in [-0.3, -0.25) is 0 Å². The summed E-state index contributed by atoms with van der Waals surface area (Å²) in [5.74, 6) is 0.611. The second-order valence-electron chi connectivity index (χ2n) is 3.04. The molecule has 0 aromatic rings. The van der Waals surface area contributed by atoms with E-state index in [1.807, 2.05) is 6.92 Å². The fourth-order valence-corrected chi connectivity index (χ4v) is 0.762. The second kappa shape index (κ2) is 6.86. The fourth-order valence-electron chi connectivity index (χ4n) is 0.575. The molecule has 0 aromatic heterocycles. The Hall–Kier alpha value is 0.180. The number of halogens is 1. The average Bonchev–Trinajstić information content (AvgIpc) is 1.97. The van der Waals surface area contributed by atoms with Gasteiger partial charge in [0.15, 0.2) is 0 Å². The molecule has 1 atom stereocenters. The summed E-state index contributed by atoms with van der Waals surface area (Å²) < 4.78 is 5.41. The first-order valence-electron chi connectivity index (χ1n) is 3.95. The molecule has 0 saturated carbocycles. The predicted molar refractivity (Wildman–Crippen MR) is 53.2 cm³/mol. The summed E-state index contributed by atoms with van der Waals surface area (Å²) in [4.78, 5) is 0. The fraction of sp³-hybridized carbons (Fsp3) is 0.778. The molecule has 0 radical (unpaired) electrons. The molecule has 0 spiro atoms. The molecule has 0 N–H and O–H groups in total. The zero-order chi connectivity index (χ0) is 8.69. The number of hydrogen-bond donors (Lipinski definition) is 0. The lowest BCUT2D eigenvalue weighted by Gasteiger charge is -2.07. The predicted octanol–water partition coefficient (Wildman–Crippen LogP) is 3.00. The molecule has 0 bridgehead atoms. The zero-order valence-corrected chi connectivity index (χ0v) is 8.99. The summed E-state index contributed by atoms with van der Waals surface area (Å²) in [7, 11) is 0. The normalized spacial score (nSPS) is 13.0. The monoisotopic (exact) mass is 220 g/mol. The molecule has 0 aromatic carbocycles. The van der Waals surface area contributed by atoms with Crippen LogP contribution in [0.25, 0.3) is 0 Å². The van der Waals surface area contributed by atoms with Crippen LogP contribution < -0.4 is 0 Å². The van der Waals surface area contributed by atoms with Gasteiger partial charge in [-0.2, -0.15) is 0 Å². The van der Waals surface area contributed by atoms with Crippen molar-refractivity contribution in [1.82, 2.24) is 0 Å². The maximum Gasteiger partial charge on any atom is 0.0503 e. The molecule has 0 fully saturated rings. The first kappa shape index (κ1) is 11.2. The van der Waals surface area contributed by atoms with Gasteiger partial charge in [0, 0.05) is 11.9 Å². The SMILES string of the molecule is C=C(C)CCOCC(C)CBr. The van der Waals surface area contributed by atoms with Gasteiger partial charge in [0.25, 0.3) is 0 Å². The lowest BCUT2D eigenvalue weighted by atomic mass is 10.2. The quantitative estimate of drug-likeness (QED) is 0.380. The van der Waals surface area contributed by atoms with E-state index in [-0.39, 0.29) is 0 Å². The molecule has 1 nitrogen and oxygen atoms in total. The van der Waals surface area contributed by atoms with Crippen LogP contribution in [0.3, 0.4) is 0 Å². The lowest BCUT2D eigenvalue weighted by Crippen LogP contribution is -2.07.